The average Bonchev–Trinajstić information content (AvgIpc) is 3.05. The lowest BCUT2D eigenvalue weighted by Crippen LogP contribution is -2.27. The summed E-state index contributed by atoms with van der Waals surface area (Å²) in [6.45, 7) is 2.08. The van der Waals surface area contributed by atoms with Crippen LogP contribution in [-0.4, -0.2) is 40.6 Å². The van der Waals surface area contributed by atoms with Gasteiger partial charge in [-0.2, -0.15) is 5.10 Å². The Bertz CT molecular complexity index is 1090. The van der Waals surface area contributed by atoms with Crippen molar-refractivity contribution < 1.29 is 23.4 Å². The highest BCUT2D eigenvalue weighted by molar-refractivity contribution is 9.10. The zero-order valence-electron chi connectivity index (χ0n) is 15.1. The molecule has 1 saturated carbocycles. The van der Waals surface area contributed by atoms with Crippen LogP contribution in [0.15, 0.2) is 63.5 Å². The maximum atomic E-state index is 12.7. The van der Waals surface area contributed by atoms with E-state index in [1.807, 2.05) is 30.3 Å². The molecule has 3 aromatic rings. The van der Waals surface area contributed by atoms with Gasteiger partial charge in [-0.15, -0.1) is 11.3 Å². The van der Waals surface area contributed by atoms with Crippen LogP contribution >= 0.6 is 27.3 Å². The molecule has 0 radical (unpaired) electrons. The summed E-state index contributed by atoms with van der Waals surface area (Å²) in [5.41, 5.74) is 1.18. The fourth-order valence-electron chi connectivity index (χ4n) is 3.07. The van der Waals surface area contributed by atoms with Crippen LogP contribution in [0.3, 0.4) is 0 Å². The predicted octanol–water partition coefficient (Wildman–Crippen LogP) is 4.00. The summed E-state index contributed by atoms with van der Waals surface area (Å²) in [7, 11) is -3.54. The Balaban J connectivity index is 0.000000552. The molecule has 3 atom stereocenters. The Morgan fingerprint density at radius 2 is 1.86 bits per heavy atom. The number of rotatable bonds is 5. The molecule has 0 aliphatic heterocycles. The molecule has 0 saturated heterocycles. The van der Waals surface area contributed by atoms with Crippen molar-refractivity contribution in [2.24, 2.45) is 5.92 Å². The first-order valence-corrected chi connectivity index (χ1v) is 11.6. The SMILES string of the molecule is C[C@H]1[C@H](NS(=O)(=O)c2ccc(-n3cc(Br)cn3)s2)[C@H]1c1ccccc1.O=C(O)O. The number of benzene rings is 1. The molecular weight excluding hydrogens is 482 g/mol. The average molecular weight is 500 g/mol. The first-order chi connectivity index (χ1) is 13.7. The van der Waals surface area contributed by atoms with Gasteiger partial charge >= 0.3 is 6.16 Å². The van der Waals surface area contributed by atoms with E-state index in [9.17, 15) is 8.42 Å². The number of carboxylic acid groups (broad SMARTS) is 2. The maximum Gasteiger partial charge on any atom is 0.503 e. The molecule has 1 fully saturated rings. The highest BCUT2D eigenvalue weighted by atomic mass is 79.9. The molecule has 0 amide bonds. The van der Waals surface area contributed by atoms with Gasteiger partial charge in [-0.25, -0.2) is 22.6 Å². The Morgan fingerprint density at radius 3 is 2.45 bits per heavy atom. The molecule has 1 aliphatic rings. The maximum absolute atomic E-state index is 12.7. The fraction of sp³-hybridized carbons (Fsp3) is 0.222. The van der Waals surface area contributed by atoms with Crippen molar-refractivity contribution in [2.45, 2.75) is 23.1 Å². The van der Waals surface area contributed by atoms with E-state index in [4.69, 9.17) is 15.0 Å². The van der Waals surface area contributed by atoms with E-state index in [1.165, 1.54) is 16.9 Å². The summed E-state index contributed by atoms with van der Waals surface area (Å²) in [4.78, 5) is 8.56. The number of aromatic nitrogens is 2. The van der Waals surface area contributed by atoms with Crippen molar-refractivity contribution in [1.82, 2.24) is 14.5 Å². The molecule has 154 valence electrons. The molecule has 3 N–H and O–H groups in total. The van der Waals surface area contributed by atoms with Crippen LogP contribution in [0.25, 0.3) is 5.00 Å². The Labute approximate surface area is 180 Å². The van der Waals surface area contributed by atoms with E-state index in [-0.39, 0.29) is 12.0 Å². The first-order valence-electron chi connectivity index (χ1n) is 8.48. The monoisotopic (exact) mass is 499 g/mol. The number of halogens is 1. The van der Waals surface area contributed by atoms with Gasteiger partial charge in [0.1, 0.15) is 9.21 Å². The second kappa shape index (κ2) is 8.66. The van der Waals surface area contributed by atoms with Crippen molar-refractivity contribution in [3.05, 3.63) is 64.9 Å². The molecule has 0 spiro atoms. The van der Waals surface area contributed by atoms with Crippen LogP contribution in [-0.2, 0) is 10.0 Å². The Hall–Kier alpha value is -2.21. The van der Waals surface area contributed by atoms with Gasteiger partial charge in [0.25, 0.3) is 0 Å². The number of nitrogens with one attached hydrogen (secondary N) is 1. The van der Waals surface area contributed by atoms with Crippen LogP contribution in [0, 0.1) is 5.92 Å². The van der Waals surface area contributed by atoms with Crippen molar-refractivity contribution in [2.75, 3.05) is 0 Å². The third kappa shape index (κ3) is 5.24. The van der Waals surface area contributed by atoms with E-state index >= 15 is 0 Å². The first kappa shape index (κ1) is 21.5. The van der Waals surface area contributed by atoms with Gasteiger partial charge in [-0.05, 0) is 39.5 Å². The zero-order chi connectivity index (χ0) is 21.2. The molecule has 1 aliphatic carbocycles. The van der Waals surface area contributed by atoms with Crippen LogP contribution < -0.4 is 4.72 Å². The predicted molar refractivity (Wildman–Crippen MR) is 112 cm³/mol. The van der Waals surface area contributed by atoms with Gasteiger partial charge in [-0.3, -0.25) is 0 Å². The van der Waals surface area contributed by atoms with Gasteiger partial charge in [0, 0.05) is 18.2 Å². The van der Waals surface area contributed by atoms with Gasteiger partial charge in [0.15, 0.2) is 0 Å². The molecule has 4 rings (SSSR count). The van der Waals surface area contributed by atoms with Crippen LogP contribution in [0.5, 0.6) is 0 Å². The number of hydrogen-bond donors (Lipinski definition) is 3. The molecule has 0 bridgehead atoms. The number of nitrogens with zero attached hydrogens (tertiary/aromatic N) is 2. The molecule has 0 unspecified atom stereocenters. The Morgan fingerprint density at radius 1 is 1.21 bits per heavy atom. The van der Waals surface area contributed by atoms with Crippen molar-refractivity contribution in [1.29, 1.82) is 0 Å². The van der Waals surface area contributed by atoms with Gasteiger partial charge in [-0.1, -0.05) is 37.3 Å². The summed E-state index contributed by atoms with van der Waals surface area (Å²) in [5, 5.41) is 18.9. The molecule has 1 aromatic carbocycles. The quantitative estimate of drug-likeness (QED) is 0.487. The van der Waals surface area contributed by atoms with E-state index < -0.39 is 16.2 Å². The third-order valence-electron chi connectivity index (χ3n) is 4.46. The molecule has 29 heavy (non-hydrogen) atoms. The highest BCUT2D eigenvalue weighted by Crippen LogP contribution is 2.48. The van der Waals surface area contributed by atoms with Crippen LogP contribution in [0.4, 0.5) is 4.79 Å². The summed E-state index contributed by atoms with van der Waals surface area (Å²) in [5.74, 6) is 0.524. The number of sulfonamides is 1. The lowest BCUT2D eigenvalue weighted by Gasteiger charge is -2.04. The second-order valence-electron chi connectivity index (χ2n) is 6.42. The molecule has 2 aromatic heterocycles. The highest BCUT2D eigenvalue weighted by Gasteiger charge is 2.49. The van der Waals surface area contributed by atoms with Crippen molar-refractivity contribution in [3.63, 3.8) is 0 Å². The summed E-state index contributed by atoms with van der Waals surface area (Å²) in [6.07, 6.45) is 1.63. The van der Waals surface area contributed by atoms with E-state index in [1.54, 1.807) is 29.2 Å². The van der Waals surface area contributed by atoms with E-state index in [2.05, 4.69) is 32.7 Å². The van der Waals surface area contributed by atoms with Crippen LogP contribution in [0.1, 0.15) is 18.4 Å². The standard InChI is InChI=1S/C17H16BrN3O2S2.CH2O3/c1-11-16(12-5-3-2-4-6-12)17(11)20-25(22,23)15-8-7-14(24-15)21-10-13(18)9-19-21;2-1(3)4/h2-11,16-17,20H,1H3;(H2,2,3,4)/t11-,16-,17+;/m1./s1. The minimum atomic E-state index is -3.54. The lowest BCUT2D eigenvalue weighted by molar-refractivity contribution is 0.137. The minimum Gasteiger partial charge on any atom is -0.450 e. The van der Waals surface area contributed by atoms with Crippen LogP contribution in [0.2, 0.25) is 0 Å². The number of carbonyl (C=O) groups is 1. The van der Waals surface area contributed by atoms with Crippen molar-refractivity contribution in [3.8, 4) is 5.00 Å². The third-order valence-corrected chi connectivity index (χ3v) is 7.90. The van der Waals surface area contributed by atoms with Gasteiger partial charge < -0.3 is 10.2 Å². The number of thiophene rings is 1. The molecule has 8 nitrogen and oxygen atoms in total. The lowest BCUT2D eigenvalue weighted by atomic mass is 10.1. The molecule has 2 heterocycles. The second-order valence-corrected chi connectivity index (χ2v) is 10.3. The van der Waals surface area contributed by atoms with Crippen molar-refractivity contribution >= 4 is 43.4 Å². The molecular formula is C18H18BrN3O5S2. The van der Waals surface area contributed by atoms with E-state index in [0.717, 1.165) is 9.47 Å². The smallest absolute Gasteiger partial charge is 0.450 e. The minimum absolute atomic E-state index is 0.0585. The molecule has 11 heteroatoms. The topological polar surface area (TPSA) is 122 Å². The number of hydrogen-bond acceptors (Lipinski definition) is 5. The summed E-state index contributed by atoms with van der Waals surface area (Å²) >= 11 is 4.55. The summed E-state index contributed by atoms with van der Waals surface area (Å²) < 4.78 is 31.1. The Kier molecular flexibility index (Phi) is 6.42. The van der Waals surface area contributed by atoms with E-state index in [0.29, 0.717) is 10.1 Å². The largest absolute Gasteiger partial charge is 0.503 e. The fourth-order valence-corrected chi connectivity index (χ4v) is 5.95. The zero-order valence-corrected chi connectivity index (χ0v) is 18.4. The van der Waals surface area contributed by atoms with Gasteiger partial charge in [0.2, 0.25) is 10.0 Å². The normalized spacial score (nSPS) is 20.6. The summed E-state index contributed by atoms with van der Waals surface area (Å²) in [6, 6.07) is 13.4. The van der Waals surface area contributed by atoms with Gasteiger partial charge in [0.05, 0.1) is 10.7 Å².